The molecular weight excluding hydrogens is 286 g/mol. The second kappa shape index (κ2) is 7.35. The summed E-state index contributed by atoms with van der Waals surface area (Å²) in [6.45, 7) is 4.05. The zero-order valence-electron chi connectivity index (χ0n) is 14.2. The standard InChI is InChI=1S/C19H29N3O/c1-15-7-9-16(10-8-15)22-19(11-3-2-4-12-19)18(23)21-17-6-5-13-20-14-17/h7-10,17,20,22H,2-6,11-14H2,1H3,(H,21,23)/t17-/m1/s1. The number of aryl methyl sites for hydroxylation is 1. The second-order valence-corrected chi connectivity index (χ2v) is 7.15. The molecule has 0 unspecified atom stereocenters. The SMILES string of the molecule is Cc1ccc(NC2(C(=O)N[C@@H]3CCCNC3)CCCCC2)cc1. The lowest BCUT2D eigenvalue weighted by molar-refractivity contribution is -0.127. The van der Waals surface area contributed by atoms with Gasteiger partial charge in [0.2, 0.25) is 5.91 Å². The Hall–Kier alpha value is -1.55. The number of amides is 1. The van der Waals surface area contributed by atoms with Gasteiger partial charge < -0.3 is 16.0 Å². The van der Waals surface area contributed by atoms with Crippen molar-refractivity contribution in [1.82, 2.24) is 10.6 Å². The van der Waals surface area contributed by atoms with Crippen molar-refractivity contribution in [2.45, 2.75) is 63.5 Å². The Kier molecular flexibility index (Phi) is 5.21. The van der Waals surface area contributed by atoms with E-state index in [-0.39, 0.29) is 11.9 Å². The van der Waals surface area contributed by atoms with E-state index in [1.165, 1.54) is 12.0 Å². The van der Waals surface area contributed by atoms with Crippen molar-refractivity contribution < 1.29 is 4.79 Å². The Morgan fingerprint density at radius 2 is 1.87 bits per heavy atom. The summed E-state index contributed by atoms with van der Waals surface area (Å²) in [5, 5.41) is 10.3. The Morgan fingerprint density at radius 1 is 1.13 bits per heavy atom. The van der Waals surface area contributed by atoms with Gasteiger partial charge in [0.15, 0.2) is 0 Å². The molecule has 1 heterocycles. The van der Waals surface area contributed by atoms with Gasteiger partial charge in [-0.15, -0.1) is 0 Å². The number of hydrogen-bond acceptors (Lipinski definition) is 3. The lowest BCUT2D eigenvalue weighted by Gasteiger charge is -2.39. The van der Waals surface area contributed by atoms with Crippen molar-refractivity contribution >= 4 is 11.6 Å². The number of carbonyl (C=O) groups excluding carboxylic acids is 1. The van der Waals surface area contributed by atoms with Gasteiger partial charge in [-0.05, 0) is 51.3 Å². The predicted octanol–water partition coefficient (Wildman–Crippen LogP) is 2.98. The highest BCUT2D eigenvalue weighted by atomic mass is 16.2. The minimum Gasteiger partial charge on any atom is -0.371 e. The Bertz CT molecular complexity index is 514. The quantitative estimate of drug-likeness (QED) is 0.800. The zero-order valence-corrected chi connectivity index (χ0v) is 14.2. The molecule has 0 aromatic heterocycles. The largest absolute Gasteiger partial charge is 0.371 e. The summed E-state index contributed by atoms with van der Waals surface area (Å²) >= 11 is 0. The van der Waals surface area contributed by atoms with Crippen LogP contribution in [-0.4, -0.2) is 30.6 Å². The van der Waals surface area contributed by atoms with Crippen LogP contribution in [0.5, 0.6) is 0 Å². The fourth-order valence-corrected chi connectivity index (χ4v) is 3.78. The van der Waals surface area contributed by atoms with Crippen molar-refractivity contribution in [2.24, 2.45) is 0 Å². The molecule has 0 bridgehead atoms. The lowest BCUT2D eigenvalue weighted by atomic mass is 9.80. The fraction of sp³-hybridized carbons (Fsp3) is 0.632. The first-order valence-electron chi connectivity index (χ1n) is 9.04. The molecule has 1 aliphatic carbocycles. The van der Waals surface area contributed by atoms with E-state index >= 15 is 0 Å². The maximum atomic E-state index is 13.1. The molecule has 4 nitrogen and oxygen atoms in total. The average molecular weight is 315 g/mol. The van der Waals surface area contributed by atoms with E-state index in [0.29, 0.717) is 0 Å². The molecule has 4 heteroatoms. The van der Waals surface area contributed by atoms with E-state index in [1.807, 2.05) is 0 Å². The molecule has 0 spiro atoms. The summed E-state index contributed by atoms with van der Waals surface area (Å²) in [6.07, 6.45) is 7.54. The first-order valence-corrected chi connectivity index (χ1v) is 9.04. The molecule has 2 fully saturated rings. The Balaban J connectivity index is 1.72. The minimum atomic E-state index is -0.440. The summed E-state index contributed by atoms with van der Waals surface area (Å²) in [6, 6.07) is 8.64. The molecule has 1 aromatic carbocycles. The maximum absolute atomic E-state index is 13.1. The molecule has 126 valence electrons. The summed E-state index contributed by atoms with van der Waals surface area (Å²) in [5.41, 5.74) is 1.85. The molecule has 1 atom stereocenters. The highest BCUT2D eigenvalue weighted by Gasteiger charge is 2.40. The number of piperidine rings is 1. The summed E-state index contributed by atoms with van der Waals surface area (Å²) in [4.78, 5) is 13.1. The van der Waals surface area contributed by atoms with Crippen molar-refractivity contribution in [1.29, 1.82) is 0 Å². The number of anilines is 1. The topological polar surface area (TPSA) is 53.2 Å². The van der Waals surface area contributed by atoms with Crippen molar-refractivity contribution in [3.63, 3.8) is 0 Å². The Labute approximate surface area is 139 Å². The first kappa shape index (κ1) is 16.3. The molecule has 2 aliphatic rings. The van der Waals surface area contributed by atoms with Crippen LogP contribution < -0.4 is 16.0 Å². The Morgan fingerprint density at radius 3 is 2.52 bits per heavy atom. The predicted molar refractivity (Wildman–Crippen MR) is 94.7 cm³/mol. The van der Waals surface area contributed by atoms with Gasteiger partial charge in [0, 0.05) is 18.3 Å². The van der Waals surface area contributed by atoms with Crippen LogP contribution in [0.4, 0.5) is 5.69 Å². The van der Waals surface area contributed by atoms with Crippen LogP contribution in [0.15, 0.2) is 24.3 Å². The van der Waals surface area contributed by atoms with Gasteiger partial charge >= 0.3 is 0 Å². The number of benzene rings is 1. The van der Waals surface area contributed by atoms with Gasteiger partial charge in [-0.2, -0.15) is 0 Å². The molecule has 23 heavy (non-hydrogen) atoms. The third kappa shape index (κ3) is 4.05. The summed E-state index contributed by atoms with van der Waals surface area (Å²) in [7, 11) is 0. The van der Waals surface area contributed by atoms with E-state index in [2.05, 4.69) is 47.1 Å². The molecule has 1 saturated heterocycles. The third-order valence-corrected chi connectivity index (χ3v) is 5.21. The van der Waals surface area contributed by atoms with Crippen molar-refractivity contribution in [3.05, 3.63) is 29.8 Å². The van der Waals surface area contributed by atoms with Gasteiger partial charge in [-0.25, -0.2) is 0 Å². The monoisotopic (exact) mass is 315 g/mol. The van der Waals surface area contributed by atoms with Gasteiger partial charge in [0.1, 0.15) is 5.54 Å². The van der Waals surface area contributed by atoms with Gasteiger partial charge in [-0.1, -0.05) is 37.0 Å². The number of rotatable bonds is 4. The molecule has 1 saturated carbocycles. The molecule has 0 radical (unpaired) electrons. The minimum absolute atomic E-state index is 0.187. The smallest absolute Gasteiger partial charge is 0.245 e. The maximum Gasteiger partial charge on any atom is 0.245 e. The van der Waals surface area contributed by atoms with E-state index in [4.69, 9.17) is 0 Å². The highest BCUT2D eigenvalue weighted by Crippen LogP contribution is 2.32. The van der Waals surface area contributed by atoms with E-state index in [9.17, 15) is 4.79 Å². The van der Waals surface area contributed by atoms with Crippen LogP contribution >= 0.6 is 0 Å². The molecular formula is C19H29N3O. The van der Waals surface area contributed by atoms with Crippen LogP contribution in [0.3, 0.4) is 0 Å². The normalized spacial score (nSPS) is 24.0. The molecule has 1 aliphatic heterocycles. The van der Waals surface area contributed by atoms with E-state index < -0.39 is 5.54 Å². The molecule has 3 rings (SSSR count). The number of nitrogens with one attached hydrogen (secondary N) is 3. The van der Waals surface area contributed by atoms with Crippen LogP contribution in [0.25, 0.3) is 0 Å². The fourth-order valence-electron chi connectivity index (χ4n) is 3.78. The zero-order chi connectivity index (χ0) is 16.1. The van der Waals surface area contributed by atoms with Crippen LogP contribution in [-0.2, 0) is 4.79 Å². The van der Waals surface area contributed by atoms with E-state index in [0.717, 1.165) is 57.3 Å². The van der Waals surface area contributed by atoms with Crippen LogP contribution in [0, 0.1) is 6.92 Å². The van der Waals surface area contributed by atoms with Crippen molar-refractivity contribution in [2.75, 3.05) is 18.4 Å². The van der Waals surface area contributed by atoms with Gasteiger partial charge in [0.25, 0.3) is 0 Å². The average Bonchev–Trinajstić information content (AvgIpc) is 2.59. The molecule has 3 N–H and O–H groups in total. The summed E-state index contributed by atoms with van der Waals surface area (Å²) in [5.74, 6) is 0.187. The van der Waals surface area contributed by atoms with Crippen LogP contribution in [0.1, 0.15) is 50.5 Å². The number of carbonyl (C=O) groups is 1. The van der Waals surface area contributed by atoms with Gasteiger partial charge in [0.05, 0.1) is 0 Å². The van der Waals surface area contributed by atoms with Gasteiger partial charge in [-0.3, -0.25) is 4.79 Å². The highest BCUT2D eigenvalue weighted by molar-refractivity contribution is 5.89. The molecule has 1 aromatic rings. The third-order valence-electron chi connectivity index (χ3n) is 5.21. The lowest BCUT2D eigenvalue weighted by Crippen LogP contribution is -2.58. The number of hydrogen-bond donors (Lipinski definition) is 3. The van der Waals surface area contributed by atoms with Crippen LogP contribution in [0.2, 0.25) is 0 Å². The van der Waals surface area contributed by atoms with Crippen molar-refractivity contribution in [3.8, 4) is 0 Å². The first-order chi connectivity index (χ1) is 11.2. The van der Waals surface area contributed by atoms with E-state index in [1.54, 1.807) is 0 Å². The second-order valence-electron chi connectivity index (χ2n) is 7.15. The summed E-state index contributed by atoms with van der Waals surface area (Å²) < 4.78 is 0. The molecule has 1 amide bonds.